The molecule has 0 saturated heterocycles. The second-order valence-electron chi connectivity index (χ2n) is 3.70. The average Bonchev–Trinajstić information content (AvgIpc) is 2.42. The van der Waals surface area contributed by atoms with Crippen LogP contribution in [0.5, 0.6) is 0 Å². The van der Waals surface area contributed by atoms with Gasteiger partial charge in [0.05, 0.1) is 5.92 Å². The van der Waals surface area contributed by atoms with E-state index in [2.05, 4.69) is 0 Å². The molecule has 0 bridgehead atoms. The van der Waals surface area contributed by atoms with Gasteiger partial charge in [0, 0.05) is 0 Å². The molecule has 2 nitrogen and oxygen atoms in total. The molecular formula is C11H19O2. The van der Waals surface area contributed by atoms with E-state index >= 15 is 0 Å². The summed E-state index contributed by atoms with van der Waals surface area (Å²) in [7, 11) is 0. The van der Waals surface area contributed by atoms with Crippen LogP contribution in [0.1, 0.15) is 51.9 Å². The zero-order chi connectivity index (χ0) is 9.52. The monoisotopic (exact) mass is 183 g/mol. The van der Waals surface area contributed by atoms with E-state index in [9.17, 15) is 4.79 Å². The summed E-state index contributed by atoms with van der Waals surface area (Å²) in [5, 5.41) is 0. The molecule has 13 heavy (non-hydrogen) atoms. The topological polar surface area (TPSA) is 26.3 Å². The van der Waals surface area contributed by atoms with Crippen molar-refractivity contribution in [2.24, 2.45) is 5.92 Å². The lowest BCUT2D eigenvalue weighted by molar-refractivity contribution is -0.145. The number of esters is 1. The molecule has 1 saturated carbocycles. The Labute approximate surface area is 80.7 Å². The molecule has 2 heteroatoms. The Balaban J connectivity index is 2.26. The summed E-state index contributed by atoms with van der Waals surface area (Å²) in [4.78, 5) is 11.5. The van der Waals surface area contributed by atoms with Gasteiger partial charge in [-0.15, -0.1) is 0 Å². The maximum Gasteiger partial charge on any atom is 0.309 e. The SMILES string of the molecule is CC[CH]OC(=O)C1CCCCCC1. The van der Waals surface area contributed by atoms with Gasteiger partial charge >= 0.3 is 5.97 Å². The van der Waals surface area contributed by atoms with Crippen molar-refractivity contribution in [1.29, 1.82) is 0 Å². The number of hydrogen-bond acceptors (Lipinski definition) is 2. The average molecular weight is 183 g/mol. The smallest absolute Gasteiger partial charge is 0.309 e. The van der Waals surface area contributed by atoms with Gasteiger partial charge in [0.15, 0.2) is 0 Å². The van der Waals surface area contributed by atoms with Gasteiger partial charge in [-0.2, -0.15) is 0 Å². The quantitative estimate of drug-likeness (QED) is 0.496. The Kier molecular flexibility index (Phi) is 4.87. The van der Waals surface area contributed by atoms with E-state index in [1.807, 2.05) is 6.92 Å². The van der Waals surface area contributed by atoms with Crippen LogP contribution >= 0.6 is 0 Å². The summed E-state index contributed by atoms with van der Waals surface area (Å²) in [6.07, 6.45) is 7.78. The summed E-state index contributed by atoms with van der Waals surface area (Å²) in [5.74, 6) is 0.161. The second kappa shape index (κ2) is 6.01. The van der Waals surface area contributed by atoms with Gasteiger partial charge < -0.3 is 4.74 Å². The lowest BCUT2D eigenvalue weighted by Crippen LogP contribution is -2.15. The van der Waals surface area contributed by atoms with Gasteiger partial charge in [-0.25, -0.2) is 0 Å². The highest BCUT2D eigenvalue weighted by Gasteiger charge is 2.20. The number of rotatable bonds is 3. The van der Waals surface area contributed by atoms with Gasteiger partial charge in [0.1, 0.15) is 6.61 Å². The van der Waals surface area contributed by atoms with Crippen LogP contribution in [-0.4, -0.2) is 5.97 Å². The highest BCUT2D eigenvalue weighted by atomic mass is 16.5. The van der Waals surface area contributed by atoms with Crippen LogP contribution in [0, 0.1) is 12.5 Å². The van der Waals surface area contributed by atoms with Crippen molar-refractivity contribution < 1.29 is 9.53 Å². The number of hydrogen-bond donors (Lipinski definition) is 0. The van der Waals surface area contributed by atoms with Crippen LogP contribution in [0.2, 0.25) is 0 Å². The Morgan fingerprint density at radius 1 is 1.31 bits per heavy atom. The first kappa shape index (κ1) is 10.6. The van der Waals surface area contributed by atoms with Crippen LogP contribution in [0.4, 0.5) is 0 Å². The summed E-state index contributed by atoms with van der Waals surface area (Å²) in [5.41, 5.74) is 0. The first-order valence-corrected chi connectivity index (χ1v) is 5.36. The van der Waals surface area contributed by atoms with Crippen molar-refractivity contribution in [3.8, 4) is 0 Å². The third-order valence-electron chi connectivity index (χ3n) is 2.55. The van der Waals surface area contributed by atoms with E-state index in [4.69, 9.17) is 4.74 Å². The predicted octanol–water partition coefficient (Wildman–Crippen LogP) is 3.07. The fraction of sp³-hybridized carbons (Fsp3) is 0.818. The molecule has 0 aromatic rings. The van der Waals surface area contributed by atoms with Crippen molar-refractivity contribution in [3.05, 3.63) is 6.61 Å². The molecule has 1 aliphatic carbocycles. The van der Waals surface area contributed by atoms with Gasteiger partial charge in [-0.1, -0.05) is 32.6 Å². The first-order valence-electron chi connectivity index (χ1n) is 5.36. The molecule has 0 unspecified atom stereocenters. The minimum absolute atomic E-state index is 0.0104. The van der Waals surface area contributed by atoms with Crippen LogP contribution in [0.15, 0.2) is 0 Å². The molecule has 0 spiro atoms. The van der Waals surface area contributed by atoms with Crippen LogP contribution in [-0.2, 0) is 9.53 Å². The standard InChI is InChI=1S/C11H19O2/c1-2-9-13-11(12)10-7-5-3-4-6-8-10/h9-10H,2-8H2,1H3. The molecule has 1 radical (unpaired) electrons. The third-order valence-corrected chi connectivity index (χ3v) is 2.55. The normalized spacial score (nSPS) is 19.5. The highest BCUT2D eigenvalue weighted by Crippen LogP contribution is 2.24. The lowest BCUT2D eigenvalue weighted by atomic mass is 10.0. The summed E-state index contributed by atoms with van der Waals surface area (Å²) in [6.45, 7) is 3.58. The Bertz CT molecular complexity index is 146. The summed E-state index contributed by atoms with van der Waals surface area (Å²) in [6, 6.07) is 0. The Morgan fingerprint density at radius 2 is 1.92 bits per heavy atom. The second-order valence-corrected chi connectivity index (χ2v) is 3.70. The van der Waals surface area contributed by atoms with Crippen molar-refractivity contribution in [3.63, 3.8) is 0 Å². The van der Waals surface area contributed by atoms with E-state index in [0.717, 1.165) is 19.3 Å². The van der Waals surface area contributed by atoms with Gasteiger partial charge in [0.2, 0.25) is 0 Å². The van der Waals surface area contributed by atoms with Crippen LogP contribution in [0.3, 0.4) is 0 Å². The molecule has 0 aliphatic heterocycles. The number of carbonyl (C=O) groups is 1. The van der Waals surface area contributed by atoms with Crippen LogP contribution in [0.25, 0.3) is 0 Å². The van der Waals surface area contributed by atoms with E-state index < -0.39 is 0 Å². The highest BCUT2D eigenvalue weighted by molar-refractivity contribution is 5.72. The Morgan fingerprint density at radius 3 is 2.46 bits per heavy atom. The largest absolute Gasteiger partial charge is 0.458 e. The van der Waals surface area contributed by atoms with Gasteiger partial charge in [0.25, 0.3) is 0 Å². The van der Waals surface area contributed by atoms with Crippen molar-refractivity contribution in [1.82, 2.24) is 0 Å². The van der Waals surface area contributed by atoms with E-state index in [1.54, 1.807) is 6.61 Å². The van der Waals surface area contributed by atoms with E-state index in [0.29, 0.717) is 0 Å². The van der Waals surface area contributed by atoms with Crippen molar-refractivity contribution >= 4 is 5.97 Å². The summed E-state index contributed by atoms with van der Waals surface area (Å²) < 4.78 is 5.02. The molecule has 0 aromatic carbocycles. The molecule has 0 aromatic heterocycles. The number of ether oxygens (including phenoxy) is 1. The molecule has 1 rings (SSSR count). The molecule has 0 heterocycles. The fourth-order valence-corrected chi connectivity index (χ4v) is 1.78. The predicted molar refractivity (Wildman–Crippen MR) is 51.9 cm³/mol. The molecule has 75 valence electrons. The zero-order valence-corrected chi connectivity index (χ0v) is 8.42. The molecule has 0 amide bonds. The van der Waals surface area contributed by atoms with Gasteiger partial charge in [-0.3, -0.25) is 4.79 Å². The maximum atomic E-state index is 11.5. The zero-order valence-electron chi connectivity index (χ0n) is 8.42. The van der Waals surface area contributed by atoms with E-state index in [1.165, 1.54) is 25.7 Å². The Hall–Kier alpha value is -0.530. The van der Waals surface area contributed by atoms with E-state index in [-0.39, 0.29) is 11.9 Å². The minimum Gasteiger partial charge on any atom is -0.458 e. The molecule has 1 aliphatic rings. The lowest BCUT2D eigenvalue weighted by Gasteiger charge is -2.11. The summed E-state index contributed by atoms with van der Waals surface area (Å²) >= 11 is 0. The molecule has 0 N–H and O–H groups in total. The first-order chi connectivity index (χ1) is 6.34. The number of carbonyl (C=O) groups excluding carboxylic acids is 1. The van der Waals surface area contributed by atoms with Gasteiger partial charge in [-0.05, 0) is 19.3 Å². The van der Waals surface area contributed by atoms with Crippen molar-refractivity contribution in [2.75, 3.05) is 0 Å². The molecule has 1 fully saturated rings. The fourth-order valence-electron chi connectivity index (χ4n) is 1.78. The molecule has 0 atom stereocenters. The maximum absolute atomic E-state index is 11.5. The van der Waals surface area contributed by atoms with Crippen LogP contribution < -0.4 is 0 Å². The third kappa shape index (κ3) is 3.79. The van der Waals surface area contributed by atoms with Crippen molar-refractivity contribution in [2.45, 2.75) is 51.9 Å². The minimum atomic E-state index is -0.0104. The molecular weight excluding hydrogens is 164 g/mol.